The van der Waals surface area contributed by atoms with E-state index in [9.17, 15) is 4.79 Å². The fourth-order valence-corrected chi connectivity index (χ4v) is 2.42. The van der Waals surface area contributed by atoms with Gasteiger partial charge >= 0.3 is 0 Å². The molecule has 112 valence electrons. The van der Waals surface area contributed by atoms with Crippen LogP contribution in [0.4, 0.5) is 0 Å². The number of nitrogens with one attached hydrogen (secondary N) is 1. The predicted molar refractivity (Wildman–Crippen MR) is 77.8 cm³/mol. The zero-order valence-electron chi connectivity index (χ0n) is 12.7. The third-order valence-corrected chi connectivity index (χ3v) is 3.80. The van der Waals surface area contributed by atoms with Crippen LogP contribution in [-0.2, 0) is 9.53 Å². The number of hydrogen-bond donors (Lipinski definition) is 2. The Morgan fingerprint density at radius 2 is 2.16 bits per heavy atom. The van der Waals surface area contributed by atoms with Crippen LogP contribution in [0.2, 0.25) is 0 Å². The second-order valence-corrected chi connectivity index (χ2v) is 6.13. The number of amides is 1. The summed E-state index contributed by atoms with van der Waals surface area (Å²) < 4.78 is 5.75. The molecule has 1 aliphatic carbocycles. The Morgan fingerprint density at radius 3 is 2.63 bits per heavy atom. The zero-order valence-corrected chi connectivity index (χ0v) is 12.7. The number of ether oxygens (including phenoxy) is 1. The minimum atomic E-state index is -0.631. The van der Waals surface area contributed by atoms with Crippen molar-refractivity contribution < 1.29 is 9.53 Å². The second kappa shape index (κ2) is 7.85. The third-order valence-electron chi connectivity index (χ3n) is 3.80. The van der Waals surface area contributed by atoms with Crippen LogP contribution in [0.1, 0.15) is 52.9 Å². The summed E-state index contributed by atoms with van der Waals surface area (Å²) in [6, 6.07) is 0. The van der Waals surface area contributed by atoms with E-state index >= 15 is 0 Å². The molecule has 0 aromatic heterocycles. The van der Waals surface area contributed by atoms with Crippen molar-refractivity contribution in [2.45, 2.75) is 58.4 Å². The van der Waals surface area contributed by atoms with Crippen molar-refractivity contribution in [3.63, 3.8) is 0 Å². The molecule has 1 saturated carbocycles. The molecular formula is C15H30N2O2. The largest absolute Gasteiger partial charge is 0.379 e. The molecule has 1 unspecified atom stereocenters. The lowest BCUT2D eigenvalue weighted by molar-refractivity contribution is -0.128. The van der Waals surface area contributed by atoms with Gasteiger partial charge in [-0.3, -0.25) is 4.79 Å². The highest BCUT2D eigenvalue weighted by Gasteiger charge is 2.49. The van der Waals surface area contributed by atoms with Crippen molar-refractivity contribution in [1.29, 1.82) is 0 Å². The van der Waals surface area contributed by atoms with Gasteiger partial charge in [-0.05, 0) is 50.5 Å². The summed E-state index contributed by atoms with van der Waals surface area (Å²) in [7, 11) is 0. The van der Waals surface area contributed by atoms with Gasteiger partial charge in [0, 0.05) is 6.61 Å². The monoisotopic (exact) mass is 270 g/mol. The van der Waals surface area contributed by atoms with Crippen molar-refractivity contribution >= 4 is 5.91 Å². The molecule has 0 aromatic rings. The second-order valence-electron chi connectivity index (χ2n) is 6.13. The normalized spacial score (nSPS) is 18.5. The van der Waals surface area contributed by atoms with Crippen LogP contribution in [0.5, 0.6) is 0 Å². The van der Waals surface area contributed by atoms with Crippen LogP contribution in [0.15, 0.2) is 0 Å². The van der Waals surface area contributed by atoms with Crippen LogP contribution in [0.3, 0.4) is 0 Å². The molecule has 1 amide bonds. The summed E-state index contributed by atoms with van der Waals surface area (Å²) in [5.74, 6) is 0.806. The van der Waals surface area contributed by atoms with Crippen molar-refractivity contribution in [2.75, 3.05) is 19.8 Å². The molecule has 1 aliphatic rings. The number of carbonyl (C=O) groups excluding carboxylic acids is 1. The van der Waals surface area contributed by atoms with E-state index in [-0.39, 0.29) is 5.91 Å². The van der Waals surface area contributed by atoms with E-state index in [1.807, 2.05) is 0 Å². The van der Waals surface area contributed by atoms with Gasteiger partial charge in [0.1, 0.15) is 5.54 Å². The minimum absolute atomic E-state index is 0.257. The van der Waals surface area contributed by atoms with Gasteiger partial charge in [0.15, 0.2) is 0 Å². The Kier molecular flexibility index (Phi) is 6.80. The number of carbonyl (C=O) groups is 1. The molecule has 19 heavy (non-hydrogen) atoms. The lowest BCUT2D eigenvalue weighted by Crippen LogP contribution is -2.60. The molecule has 0 saturated heterocycles. The Bertz CT molecular complexity index is 277. The van der Waals surface area contributed by atoms with E-state index in [1.165, 1.54) is 0 Å². The highest BCUT2D eigenvalue weighted by molar-refractivity contribution is 5.85. The summed E-state index contributed by atoms with van der Waals surface area (Å²) in [6.45, 7) is 8.46. The van der Waals surface area contributed by atoms with Gasteiger partial charge in [0.05, 0.1) is 6.61 Å². The van der Waals surface area contributed by atoms with Gasteiger partial charge in [0.25, 0.3) is 0 Å². The van der Waals surface area contributed by atoms with Gasteiger partial charge in [-0.2, -0.15) is 0 Å². The predicted octanol–water partition coefficient (Wildman–Crippen LogP) is 2.07. The lowest BCUT2D eigenvalue weighted by atomic mass is 9.93. The molecule has 0 aromatic carbocycles. The van der Waals surface area contributed by atoms with Crippen LogP contribution in [-0.4, -0.2) is 31.2 Å². The van der Waals surface area contributed by atoms with Crippen molar-refractivity contribution in [1.82, 2.24) is 5.32 Å². The van der Waals surface area contributed by atoms with E-state index < -0.39 is 5.54 Å². The first kappa shape index (κ1) is 16.4. The van der Waals surface area contributed by atoms with Crippen LogP contribution in [0.25, 0.3) is 0 Å². The molecular weight excluding hydrogens is 240 g/mol. The fourth-order valence-electron chi connectivity index (χ4n) is 2.42. The molecule has 1 rings (SSSR count). The molecule has 0 radical (unpaired) electrons. The van der Waals surface area contributed by atoms with Gasteiger partial charge < -0.3 is 15.8 Å². The van der Waals surface area contributed by atoms with Crippen LogP contribution >= 0.6 is 0 Å². The first-order chi connectivity index (χ1) is 9.03. The Hall–Kier alpha value is -0.610. The summed E-state index contributed by atoms with van der Waals surface area (Å²) in [4.78, 5) is 11.9. The number of nitrogens with two attached hydrogens (primary N) is 1. The van der Waals surface area contributed by atoms with E-state index in [1.54, 1.807) is 0 Å². The topological polar surface area (TPSA) is 64.3 Å². The summed E-state index contributed by atoms with van der Waals surface area (Å²) >= 11 is 0. The Labute approximate surface area is 117 Å². The molecule has 0 aliphatic heterocycles. The van der Waals surface area contributed by atoms with Crippen LogP contribution in [0, 0.1) is 11.8 Å². The van der Waals surface area contributed by atoms with Gasteiger partial charge in [0.2, 0.25) is 5.91 Å². The maximum atomic E-state index is 11.9. The maximum Gasteiger partial charge on any atom is 0.240 e. The van der Waals surface area contributed by atoms with Crippen molar-refractivity contribution in [3.05, 3.63) is 0 Å². The number of primary amides is 1. The van der Waals surface area contributed by atoms with E-state index in [0.29, 0.717) is 25.0 Å². The Morgan fingerprint density at radius 1 is 1.47 bits per heavy atom. The van der Waals surface area contributed by atoms with Crippen molar-refractivity contribution in [3.8, 4) is 0 Å². The number of rotatable bonds is 11. The van der Waals surface area contributed by atoms with E-state index in [4.69, 9.17) is 10.5 Å². The fraction of sp³-hybridized carbons (Fsp3) is 0.933. The molecule has 4 nitrogen and oxygen atoms in total. The number of hydrogen-bond acceptors (Lipinski definition) is 3. The molecule has 0 heterocycles. The van der Waals surface area contributed by atoms with Gasteiger partial charge in [-0.15, -0.1) is 0 Å². The maximum absolute atomic E-state index is 11.9. The van der Waals surface area contributed by atoms with Gasteiger partial charge in [-0.25, -0.2) is 0 Å². The summed E-state index contributed by atoms with van der Waals surface area (Å²) in [5, 5.41) is 3.34. The highest BCUT2D eigenvalue weighted by Crippen LogP contribution is 2.40. The molecule has 1 fully saturated rings. The van der Waals surface area contributed by atoms with Gasteiger partial charge in [-0.1, -0.05) is 20.8 Å². The highest BCUT2D eigenvalue weighted by atomic mass is 16.5. The molecule has 1 atom stereocenters. The molecule has 0 spiro atoms. The molecule has 4 heteroatoms. The SMILES string of the molecule is CCCNC(COCCCC(C)C)(C(N)=O)C1CC1. The molecule has 3 N–H and O–H groups in total. The molecule has 0 bridgehead atoms. The lowest BCUT2D eigenvalue weighted by Gasteiger charge is -2.31. The quantitative estimate of drug-likeness (QED) is 0.565. The average Bonchev–Trinajstić information content (AvgIpc) is 3.16. The first-order valence-corrected chi connectivity index (χ1v) is 7.65. The van der Waals surface area contributed by atoms with Crippen LogP contribution < -0.4 is 11.1 Å². The smallest absolute Gasteiger partial charge is 0.240 e. The van der Waals surface area contributed by atoms with E-state index in [2.05, 4.69) is 26.1 Å². The van der Waals surface area contributed by atoms with E-state index in [0.717, 1.165) is 38.6 Å². The zero-order chi connectivity index (χ0) is 14.3. The average molecular weight is 270 g/mol. The third kappa shape index (κ3) is 5.11. The summed E-state index contributed by atoms with van der Waals surface area (Å²) in [5.41, 5.74) is 5.00. The van der Waals surface area contributed by atoms with Crippen molar-refractivity contribution in [2.24, 2.45) is 17.6 Å². The first-order valence-electron chi connectivity index (χ1n) is 7.65. The summed E-state index contributed by atoms with van der Waals surface area (Å²) in [6.07, 6.45) is 5.36. The Balaban J connectivity index is 2.42. The minimum Gasteiger partial charge on any atom is -0.379 e. The standard InChI is InChI=1S/C15H30N2O2/c1-4-9-17-15(14(16)18,13-7-8-13)11-19-10-5-6-12(2)3/h12-13,17H,4-11H2,1-3H3,(H2,16,18).